The maximum atomic E-state index is 5.74. The van der Waals surface area contributed by atoms with Gasteiger partial charge >= 0.3 is 0 Å². The molecule has 0 aliphatic carbocycles. The minimum Gasteiger partial charge on any atom is -0.464 e. The van der Waals surface area contributed by atoms with E-state index in [1.165, 1.54) is 5.56 Å². The number of ether oxygens (including phenoxy) is 2. The molecule has 4 nitrogen and oxygen atoms in total. The molecule has 0 radical (unpaired) electrons. The van der Waals surface area contributed by atoms with Gasteiger partial charge in [-0.05, 0) is 38.8 Å². The fourth-order valence-corrected chi connectivity index (χ4v) is 2.26. The van der Waals surface area contributed by atoms with E-state index in [9.17, 15) is 0 Å². The number of furan rings is 1. The molecule has 0 bridgehead atoms. The minimum atomic E-state index is 0.571. The van der Waals surface area contributed by atoms with Crippen LogP contribution in [0.4, 0.5) is 0 Å². The summed E-state index contributed by atoms with van der Waals surface area (Å²) in [7, 11) is 1.94. The Morgan fingerprint density at radius 1 is 1.39 bits per heavy atom. The summed E-state index contributed by atoms with van der Waals surface area (Å²) < 4.78 is 16.7. The van der Waals surface area contributed by atoms with Gasteiger partial charge in [0.05, 0.1) is 6.61 Å². The zero-order valence-electron chi connectivity index (χ0n) is 11.3. The molecule has 0 aromatic carbocycles. The van der Waals surface area contributed by atoms with E-state index in [-0.39, 0.29) is 0 Å². The summed E-state index contributed by atoms with van der Waals surface area (Å²) in [6.07, 6.45) is 2.23. The number of hydrogen-bond acceptors (Lipinski definition) is 4. The highest BCUT2D eigenvalue weighted by molar-refractivity contribution is 5.20. The lowest BCUT2D eigenvalue weighted by Crippen LogP contribution is -2.20. The fraction of sp³-hybridized carbons (Fsp3) is 0.714. The molecule has 0 spiro atoms. The van der Waals surface area contributed by atoms with Gasteiger partial charge in [-0.2, -0.15) is 0 Å². The summed E-state index contributed by atoms with van der Waals surface area (Å²) in [6.45, 7) is 5.97. The molecule has 0 amide bonds. The molecule has 0 atom stereocenters. The van der Waals surface area contributed by atoms with Crippen LogP contribution in [0.2, 0.25) is 0 Å². The molecule has 1 aromatic rings. The summed E-state index contributed by atoms with van der Waals surface area (Å²) >= 11 is 0. The van der Waals surface area contributed by atoms with Gasteiger partial charge in [0.2, 0.25) is 0 Å². The van der Waals surface area contributed by atoms with Gasteiger partial charge in [-0.15, -0.1) is 0 Å². The predicted molar refractivity (Wildman–Crippen MR) is 69.4 cm³/mol. The lowest BCUT2D eigenvalue weighted by molar-refractivity contribution is 0.0118. The standard InChI is InChI=1S/C14H23NO3/c1-11-13(8-15-2)7-14(18-11)10-17-9-12-3-5-16-6-4-12/h7,12,15H,3-6,8-10H2,1-2H3. The van der Waals surface area contributed by atoms with Crippen molar-refractivity contribution in [3.8, 4) is 0 Å². The molecule has 4 heteroatoms. The van der Waals surface area contributed by atoms with Gasteiger partial charge in [0.1, 0.15) is 18.1 Å². The van der Waals surface area contributed by atoms with Gasteiger partial charge in [0.15, 0.2) is 0 Å². The normalized spacial score (nSPS) is 17.2. The van der Waals surface area contributed by atoms with Crippen LogP contribution in [0, 0.1) is 12.8 Å². The molecule has 18 heavy (non-hydrogen) atoms. The average Bonchev–Trinajstić information content (AvgIpc) is 2.72. The molecule has 1 N–H and O–H groups in total. The van der Waals surface area contributed by atoms with Crippen LogP contribution in [0.15, 0.2) is 10.5 Å². The Labute approximate surface area is 109 Å². The third kappa shape index (κ3) is 3.83. The third-order valence-electron chi connectivity index (χ3n) is 3.38. The molecule has 1 aliphatic rings. The van der Waals surface area contributed by atoms with Gasteiger partial charge in [0, 0.05) is 25.3 Å². The monoisotopic (exact) mass is 253 g/mol. The van der Waals surface area contributed by atoms with Crippen molar-refractivity contribution in [2.75, 3.05) is 26.9 Å². The first-order chi connectivity index (χ1) is 8.79. The highest BCUT2D eigenvalue weighted by atomic mass is 16.5. The van der Waals surface area contributed by atoms with E-state index in [1.807, 2.05) is 14.0 Å². The van der Waals surface area contributed by atoms with Gasteiger partial charge in [-0.1, -0.05) is 0 Å². The van der Waals surface area contributed by atoms with Crippen molar-refractivity contribution in [3.63, 3.8) is 0 Å². The maximum absolute atomic E-state index is 5.74. The van der Waals surface area contributed by atoms with Crippen LogP contribution < -0.4 is 5.32 Å². The van der Waals surface area contributed by atoms with Crippen LogP contribution >= 0.6 is 0 Å². The van der Waals surface area contributed by atoms with Crippen molar-refractivity contribution in [2.24, 2.45) is 5.92 Å². The molecular weight excluding hydrogens is 230 g/mol. The van der Waals surface area contributed by atoms with E-state index in [4.69, 9.17) is 13.9 Å². The number of hydrogen-bond donors (Lipinski definition) is 1. The van der Waals surface area contributed by atoms with E-state index in [2.05, 4.69) is 11.4 Å². The van der Waals surface area contributed by atoms with Crippen LogP contribution in [0.3, 0.4) is 0 Å². The van der Waals surface area contributed by atoms with Crippen molar-refractivity contribution in [3.05, 3.63) is 23.2 Å². The van der Waals surface area contributed by atoms with Crippen LogP contribution in [0.1, 0.15) is 29.9 Å². The first kappa shape index (κ1) is 13.6. The molecule has 2 heterocycles. The van der Waals surface area contributed by atoms with E-state index in [1.54, 1.807) is 0 Å². The quantitative estimate of drug-likeness (QED) is 0.844. The molecular formula is C14H23NO3. The second-order valence-corrected chi connectivity index (χ2v) is 4.90. The van der Waals surface area contributed by atoms with Crippen LogP contribution in [-0.4, -0.2) is 26.9 Å². The SMILES string of the molecule is CNCc1cc(COCC2CCOCC2)oc1C. The Balaban J connectivity index is 1.73. The first-order valence-corrected chi connectivity index (χ1v) is 6.68. The minimum absolute atomic E-state index is 0.571. The van der Waals surface area contributed by atoms with E-state index < -0.39 is 0 Å². The topological polar surface area (TPSA) is 43.6 Å². The van der Waals surface area contributed by atoms with Crippen LogP contribution in [0.25, 0.3) is 0 Å². The Morgan fingerprint density at radius 3 is 2.89 bits per heavy atom. The molecule has 0 saturated carbocycles. The Kier molecular flexibility index (Phi) is 5.23. The zero-order valence-corrected chi connectivity index (χ0v) is 11.3. The van der Waals surface area contributed by atoms with Crippen molar-refractivity contribution >= 4 is 0 Å². The van der Waals surface area contributed by atoms with E-state index >= 15 is 0 Å². The smallest absolute Gasteiger partial charge is 0.130 e. The summed E-state index contributed by atoms with van der Waals surface area (Å²) in [5.41, 5.74) is 1.21. The molecule has 2 rings (SSSR count). The van der Waals surface area contributed by atoms with Crippen LogP contribution in [-0.2, 0) is 22.6 Å². The van der Waals surface area contributed by atoms with Crippen molar-refractivity contribution in [1.29, 1.82) is 0 Å². The van der Waals surface area contributed by atoms with Gasteiger partial charge in [0.25, 0.3) is 0 Å². The number of nitrogens with one attached hydrogen (secondary N) is 1. The average molecular weight is 253 g/mol. The highest BCUT2D eigenvalue weighted by Gasteiger charge is 2.14. The molecule has 102 valence electrons. The summed E-state index contributed by atoms with van der Waals surface area (Å²) in [6, 6.07) is 2.08. The number of rotatable bonds is 6. The summed E-state index contributed by atoms with van der Waals surface area (Å²) in [5.74, 6) is 2.55. The van der Waals surface area contributed by atoms with Crippen molar-refractivity contribution < 1.29 is 13.9 Å². The lowest BCUT2D eigenvalue weighted by Gasteiger charge is -2.21. The van der Waals surface area contributed by atoms with Crippen LogP contribution in [0.5, 0.6) is 0 Å². The van der Waals surface area contributed by atoms with Gasteiger partial charge < -0.3 is 19.2 Å². The van der Waals surface area contributed by atoms with Gasteiger partial charge in [-0.25, -0.2) is 0 Å². The second-order valence-electron chi connectivity index (χ2n) is 4.90. The second kappa shape index (κ2) is 6.92. The fourth-order valence-electron chi connectivity index (χ4n) is 2.26. The van der Waals surface area contributed by atoms with Gasteiger partial charge in [-0.3, -0.25) is 0 Å². The first-order valence-electron chi connectivity index (χ1n) is 6.68. The highest BCUT2D eigenvalue weighted by Crippen LogP contribution is 2.18. The Hall–Kier alpha value is -0.840. The Bertz CT molecular complexity index is 356. The van der Waals surface area contributed by atoms with Crippen molar-refractivity contribution in [2.45, 2.75) is 32.9 Å². The third-order valence-corrected chi connectivity index (χ3v) is 3.38. The number of aryl methyl sites for hydroxylation is 1. The largest absolute Gasteiger partial charge is 0.464 e. The lowest BCUT2D eigenvalue weighted by atomic mass is 10.0. The maximum Gasteiger partial charge on any atom is 0.130 e. The molecule has 1 saturated heterocycles. The molecule has 0 unspecified atom stereocenters. The zero-order chi connectivity index (χ0) is 12.8. The summed E-state index contributed by atoms with van der Waals surface area (Å²) in [5, 5.41) is 3.13. The van der Waals surface area contributed by atoms with Crippen molar-refractivity contribution in [1.82, 2.24) is 5.32 Å². The Morgan fingerprint density at radius 2 is 2.17 bits per heavy atom. The van der Waals surface area contributed by atoms with E-state index in [0.29, 0.717) is 12.5 Å². The predicted octanol–water partition coefficient (Wildman–Crippen LogP) is 2.25. The van der Waals surface area contributed by atoms with E-state index in [0.717, 1.165) is 50.7 Å². The molecule has 1 aliphatic heterocycles. The molecule has 1 fully saturated rings. The summed E-state index contributed by atoms with van der Waals surface area (Å²) in [4.78, 5) is 0. The molecule has 1 aromatic heterocycles.